The van der Waals surface area contributed by atoms with Crippen LogP contribution in [0.4, 0.5) is 5.69 Å². The van der Waals surface area contributed by atoms with Crippen molar-refractivity contribution in [2.75, 3.05) is 7.11 Å². The van der Waals surface area contributed by atoms with Crippen LogP contribution in [0.25, 0.3) is 0 Å². The van der Waals surface area contributed by atoms with Crippen LogP contribution in [0.5, 0.6) is 0 Å². The molecule has 0 atom stereocenters. The molecule has 1 aromatic rings. The molecule has 0 aromatic heterocycles. The number of hydrogen-bond acceptors (Lipinski definition) is 5. The molecule has 0 bridgehead atoms. The Morgan fingerprint density at radius 1 is 1.29 bits per heavy atom. The molecule has 1 N–H and O–H groups in total. The molecular formula is C9H12N2O5S. The van der Waals surface area contributed by atoms with Gasteiger partial charge in [0.05, 0.1) is 12.0 Å². The highest BCUT2D eigenvalue weighted by Crippen LogP contribution is 2.26. The zero-order chi connectivity index (χ0) is 13.2. The van der Waals surface area contributed by atoms with E-state index in [1.807, 2.05) is 0 Å². The number of nitrogens with zero attached hydrogens (tertiary/aromatic N) is 1. The number of sulfonamides is 1. The van der Waals surface area contributed by atoms with Crippen LogP contribution in [0.3, 0.4) is 0 Å². The number of nitro benzene ring substituents is 1. The highest BCUT2D eigenvalue weighted by Gasteiger charge is 2.26. The minimum absolute atomic E-state index is 0.410. The van der Waals surface area contributed by atoms with E-state index in [-0.39, 0.29) is 0 Å². The van der Waals surface area contributed by atoms with Crippen molar-refractivity contribution in [1.29, 1.82) is 0 Å². The first-order valence-electron chi connectivity index (χ1n) is 4.60. The van der Waals surface area contributed by atoms with Gasteiger partial charge in [-0.25, -0.2) is 8.42 Å². The van der Waals surface area contributed by atoms with E-state index in [9.17, 15) is 18.5 Å². The van der Waals surface area contributed by atoms with Gasteiger partial charge in [-0.3, -0.25) is 15.0 Å². The molecule has 0 radical (unpaired) electrons. The minimum atomic E-state index is -4.04. The first-order valence-corrected chi connectivity index (χ1v) is 6.08. The van der Waals surface area contributed by atoms with Crippen molar-refractivity contribution in [3.63, 3.8) is 0 Å². The second kappa shape index (κ2) is 4.78. The highest BCUT2D eigenvalue weighted by atomic mass is 32.2. The largest absolute Gasteiger partial charge is 0.290 e. The average Bonchev–Trinajstić information content (AvgIpc) is 2.20. The van der Waals surface area contributed by atoms with Gasteiger partial charge in [-0.1, -0.05) is 4.89 Å². The average molecular weight is 260 g/mol. The fourth-order valence-electron chi connectivity index (χ4n) is 1.29. The molecule has 0 spiro atoms. The Kier molecular flexibility index (Phi) is 3.81. The van der Waals surface area contributed by atoms with Gasteiger partial charge in [0.1, 0.15) is 0 Å². The van der Waals surface area contributed by atoms with Crippen LogP contribution in [-0.2, 0) is 14.9 Å². The predicted octanol–water partition coefficient (Wildman–Crippen LogP) is 1.05. The van der Waals surface area contributed by atoms with E-state index in [4.69, 9.17) is 0 Å². The number of rotatable bonds is 4. The first-order chi connectivity index (χ1) is 7.79. The summed E-state index contributed by atoms with van der Waals surface area (Å²) < 4.78 is 23.4. The van der Waals surface area contributed by atoms with Crippen molar-refractivity contribution in [1.82, 2.24) is 4.89 Å². The van der Waals surface area contributed by atoms with Gasteiger partial charge in [0, 0.05) is 6.07 Å². The maximum atomic E-state index is 11.7. The molecular weight excluding hydrogens is 248 g/mol. The van der Waals surface area contributed by atoms with Gasteiger partial charge in [-0.05, 0) is 31.0 Å². The fraction of sp³-hybridized carbons (Fsp3) is 0.333. The number of benzene rings is 1. The minimum Gasteiger partial charge on any atom is -0.290 e. The molecule has 0 amide bonds. The van der Waals surface area contributed by atoms with E-state index >= 15 is 0 Å². The van der Waals surface area contributed by atoms with Crippen molar-refractivity contribution in [3.8, 4) is 0 Å². The molecule has 0 aliphatic rings. The number of nitrogens with one attached hydrogen (secondary N) is 1. The Hall–Kier alpha value is -1.51. The van der Waals surface area contributed by atoms with E-state index < -0.39 is 25.5 Å². The molecule has 1 rings (SSSR count). The van der Waals surface area contributed by atoms with Crippen LogP contribution in [0, 0.1) is 24.0 Å². The lowest BCUT2D eigenvalue weighted by Gasteiger charge is -2.07. The van der Waals surface area contributed by atoms with Gasteiger partial charge in [-0.2, -0.15) is 0 Å². The quantitative estimate of drug-likeness (QED) is 0.644. The summed E-state index contributed by atoms with van der Waals surface area (Å²) in [5.74, 6) is 0. The highest BCUT2D eigenvalue weighted by molar-refractivity contribution is 7.89. The number of aryl methyl sites for hydroxylation is 2. The van der Waals surface area contributed by atoms with E-state index in [0.29, 0.717) is 11.1 Å². The first kappa shape index (κ1) is 13.6. The molecule has 17 heavy (non-hydrogen) atoms. The van der Waals surface area contributed by atoms with Crippen molar-refractivity contribution in [3.05, 3.63) is 33.4 Å². The monoisotopic (exact) mass is 260 g/mol. The molecule has 0 fully saturated rings. The van der Waals surface area contributed by atoms with E-state index in [1.54, 1.807) is 18.7 Å². The third kappa shape index (κ3) is 2.78. The standard InChI is InChI=1S/C9H12N2O5S/c1-6-4-8(11(12)13)9(5-7(6)2)17(14,15)10-16-3/h4-5,10H,1-3H3. The van der Waals surface area contributed by atoms with Crippen molar-refractivity contribution in [2.45, 2.75) is 18.7 Å². The molecule has 0 heterocycles. The molecule has 0 saturated carbocycles. The van der Waals surface area contributed by atoms with Crippen molar-refractivity contribution in [2.24, 2.45) is 0 Å². The molecule has 0 aliphatic carbocycles. The zero-order valence-corrected chi connectivity index (χ0v) is 10.4. The Morgan fingerprint density at radius 3 is 2.29 bits per heavy atom. The van der Waals surface area contributed by atoms with Gasteiger partial charge in [0.2, 0.25) is 0 Å². The fourth-order valence-corrected chi connectivity index (χ4v) is 2.34. The molecule has 0 aliphatic heterocycles. The Morgan fingerprint density at radius 2 is 1.82 bits per heavy atom. The van der Waals surface area contributed by atoms with Gasteiger partial charge in [-0.15, -0.1) is 0 Å². The Balaban J connectivity index is 3.52. The van der Waals surface area contributed by atoms with Crippen LogP contribution >= 0.6 is 0 Å². The lowest BCUT2D eigenvalue weighted by molar-refractivity contribution is -0.387. The summed E-state index contributed by atoms with van der Waals surface area (Å²) in [5, 5.41) is 10.8. The summed E-state index contributed by atoms with van der Waals surface area (Å²) in [6, 6.07) is 2.47. The molecule has 94 valence electrons. The van der Waals surface area contributed by atoms with Gasteiger partial charge < -0.3 is 0 Å². The molecule has 0 unspecified atom stereocenters. The summed E-state index contributed by atoms with van der Waals surface area (Å²) in [6.45, 7) is 3.34. The van der Waals surface area contributed by atoms with Crippen LogP contribution in [0.2, 0.25) is 0 Å². The third-order valence-corrected chi connectivity index (χ3v) is 3.55. The van der Waals surface area contributed by atoms with E-state index in [2.05, 4.69) is 4.84 Å². The summed E-state index contributed by atoms with van der Waals surface area (Å²) >= 11 is 0. The maximum absolute atomic E-state index is 11.7. The van der Waals surface area contributed by atoms with Crippen molar-refractivity contribution >= 4 is 15.7 Å². The second-order valence-electron chi connectivity index (χ2n) is 3.45. The van der Waals surface area contributed by atoms with Crippen LogP contribution in [0.15, 0.2) is 17.0 Å². The molecule has 8 heteroatoms. The third-order valence-electron chi connectivity index (χ3n) is 2.25. The normalized spacial score (nSPS) is 11.5. The predicted molar refractivity (Wildman–Crippen MR) is 59.9 cm³/mol. The summed E-state index contributed by atoms with van der Waals surface area (Å²) in [5.41, 5.74) is 0.817. The lowest BCUT2D eigenvalue weighted by Crippen LogP contribution is -2.23. The van der Waals surface area contributed by atoms with Crippen LogP contribution < -0.4 is 4.89 Å². The topological polar surface area (TPSA) is 98.5 Å². The van der Waals surface area contributed by atoms with Crippen LogP contribution in [0.1, 0.15) is 11.1 Å². The molecule has 7 nitrogen and oxygen atoms in total. The van der Waals surface area contributed by atoms with Gasteiger partial charge in [0.15, 0.2) is 4.90 Å². The van der Waals surface area contributed by atoms with E-state index in [0.717, 1.165) is 7.11 Å². The molecule has 1 aromatic carbocycles. The Bertz CT molecular complexity index is 553. The lowest BCUT2D eigenvalue weighted by atomic mass is 10.1. The Labute approximate surface area is 98.6 Å². The van der Waals surface area contributed by atoms with Gasteiger partial charge in [0.25, 0.3) is 15.7 Å². The van der Waals surface area contributed by atoms with E-state index in [1.165, 1.54) is 12.1 Å². The SMILES string of the molecule is CONS(=O)(=O)c1cc(C)c(C)cc1[N+](=O)[O-]. The number of hydrogen-bond donors (Lipinski definition) is 1. The summed E-state index contributed by atoms with van der Waals surface area (Å²) in [7, 11) is -2.92. The molecule has 0 saturated heterocycles. The number of nitro groups is 1. The second-order valence-corrected chi connectivity index (χ2v) is 5.07. The smallest absolute Gasteiger partial charge is 0.289 e. The van der Waals surface area contributed by atoms with Gasteiger partial charge >= 0.3 is 0 Å². The summed E-state index contributed by atoms with van der Waals surface area (Å²) in [4.78, 5) is 15.7. The van der Waals surface area contributed by atoms with Crippen LogP contribution in [-0.4, -0.2) is 20.5 Å². The zero-order valence-electron chi connectivity index (χ0n) is 9.55. The maximum Gasteiger partial charge on any atom is 0.289 e. The van der Waals surface area contributed by atoms with Crippen molar-refractivity contribution < 1.29 is 18.2 Å². The summed E-state index contributed by atoms with van der Waals surface area (Å²) in [6.07, 6.45) is 0.